The van der Waals surface area contributed by atoms with Gasteiger partial charge in [-0.1, -0.05) is 18.6 Å². The summed E-state index contributed by atoms with van der Waals surface area (Å²) in [5.74, 6) is -1.35. The first-order chi connectivity index (χ1) is 8.89. The van der Waals surface area contributed by atoms with E-state index in [1.807, 2.05) is 0 Å². The molecule has 2 atom stereocenters. The fourth-order valence-corrected chi connectivity index (χ4v) is 3.16. The standard InChI is InChI=1S/C12H16N2O4S/c13-19(17,18)11-7-2-1-5-10(11)14-9-6-3-4-8(9)12(15)16/h1-2,5,7-9,14H,3-4,6H2,(H,15,16)(H2,13,17,18). The molecule has 19 heavy (non-hydrogen) atoms. The monoisotopic (exact) mass is 284 g/mol. The molecule has 0 aliphatic heterocycles. The number of anilines is 1. The van der Waals surface area contributed by atoms with Crippen molar-refractivity contribution < 1.29 is 18.3 Å². The van der Waals surface area contributed by atoms with Crippen LogP contribution in [-0.4, -0.2) is 25.5 Å². The first-order valence-corrected chi connectivity index (χ1v) is 7.55. The highest BCUT2D eigenvalue weighted by Crippen LogP contribution is 2.30. The minimum atomic E-state index is -3.82. The summed E-state index contributed by atoms with van der Waals surface area (Å²) >= 11 is 0. The minimum absolute atomic E-state index is 0.00830. The molecule has 0 saturated heterocycles. The summed E-state index contributed by atoms with van der Waals surface area (Å²) in [7, 11) is -3.82. The molecule has 4 N–H and O–H groups in total. The van der Waals surface area contributed by atoms with Gasteiger partial charge in [-0.25, -0.2) is 13.6 Å². The van der Waals surface area contributed by atoms with Crippen molar-refractivity contribution in [2.75, 3.05) is 5.32 Å². The predicted molar refractivity (Wildman–Crippen MR) is 70.2 cm³/mol. The molecule has 0 bridgehead atoms. The first kappa shape index (κ1) is 13.8. The maximum absolute atomic E-state index is 11.5. The van der Waals surface area contributed by atoms with Crippen molar-refractivity contribution in [1.29, 1.82) is 0 Å². The molecule has 0 aromatic heterocycles. The molecule has 1 aliphatic rings. The summed E-state index contributed by atoms with van der Waals surface area (Å²) in [6, 6.07) is 6.00. The van der Waals surface area contributed by atoms with E-state index in [1.165, 1.54) is 6.07 Å². The van der Waals surface area contributed by atoms with Crippen molar-refractivity contribution in [3.63, 3.8) is 0 Å². The Morgan fingerprint density at radius 1 is 1.32 bits per heavy atom. The van der Waals surface area contributed by atoms with Crippen molar-refractivity contribution in [3.05, 3.63) is 24.3 Å². The molecule has 0 heterocycles. The third-order valence-corrected chi connectivity index (χ3v) is 4.34. The second-order valence-corrected chi connectivity index (χ2v) is 6.20. The van der Waals surface area contributed by atoms with Gasteiger partial charge in [-0.05, 0) is 25.0 Å². The Morgan fingerprint density at radius 2 is 2.00 bits per heavy atom. The van der Waals surface area contributed by atoms with E-state index >= 15 is 0 Å². The molecule has 0 amide bonds. The summed E-state index contributed by atoms with van der Waals surface area (Å²) < 4.78 is 22.9. The molecule has 0 radical (unpaired) electrons. The number of aliphatic carboxylic acids is 1. The summed E-state index contributed by atoms with van der Waals surface area (Å²) in [6.07, 6.45) is 2.12. The summed E-state index contributed by atoms with van der Waals surface area (Å²) in [6.45, 7) is 0. The lowest BCUT2D eigenvalue weighted by atomic mass is 10.0. The minimum Gasteiger partial charge on any atom is -0.481 e. The second kappa shape index (κ2) is 5.18. The average molecular weight is 284 g/mol. The van der Waals surface area contributed by atoms with Crippen molar-refractivity contribution in [3.8, 4) is 0 Å². The highest BCUT2D eigenvalue weighted by molar-refractivity contribution is 7.89. The average Bonchev–Trinajstić information content (AvgIpc) is 2.76. The lowest BCUT2D eigenvalue weighted by Crippen LogP contribution is -2.30. The van der Waals surface area contributed by atoms with Crippen LogP contribution >= 0.6 is 0 Å². The van der Waals surface area contributed by atoms with Crippen LogP contribution in [0.1, 0.15) is 19.3 Å². The highest BCUT2D eigenvalue weighted by atomic mass is 32.2. The molecule has 6 nitrogen and oxygen atoms in total. The molecule has 2 unspecified atom stereocenters. The van der Waals surface area contributed by atoms with Crippen LogP contribution in [0.25, 0.3) is 0 Å². The van der Waals surface area contributed by atoms with E-state index in [0.717, 1.165) is 6.42 Å². The van der Waals surface area contributed by atoms with Crippen LogP contribution in [0.3, 0.4) is 0 Å². The summed E-state index contributed by atoms with van der Waals surface area (Å²) in [5.41, 5.74) is 0.364. The van der Waals surface area contributed by atoms with E-state index in [-0.39, 0.29) is 10.9 Å². The maximum atomic E-state index is 11.5. The number of primary sulfonamides is 1. The molecule has 2 rings (SSSR count). The quantitative estimate of drug-likeness (QED) is 0.764. The number of benzene rings is 1. The van der Waals surface area contributed by atoms with Gasteiger partial charge in [0.05, 0.1) is 11.6 Å². The van der Waals surface area contributed by atoms with Gasteiger partial charge in [-0.15, -0.1) is 0 Å². The maximum Gasteiger partial charge on any atom is 0.308 e. The zero-order valence-electron chi connectivity index (χ0n) is 10.2. The number of hydrogen-bond donors (Lipinski definition) is 3. The van der Waals surface area contributed by atoms with Crippen molar-refractivity contribution in [2.24, 2.45) is 11.1 Å². The molecule has 1 saturated carbocycles. The Labute approximate surface area is 111 Å². The zero-order chi connectivity index (χ0) is 14.0. The lowest BCUT2D eigenvalue weighted by Gasteiger charge is -2.20. The molecule has 104 valence electrons. The van der Waals surface area contributed by atoms with Crippen molar-refractivity contribution in [2.45, 2.75) is 30.2 Å². The Kier molecular flexibility index (Phi) is 3.77. The van der Waals surface area contributed by atoms with E-state index in [1.54, 1.807) is 18.2 Å². The third kappa shape index (κ3) is 3.05. The number of carbonyl (C=O) groups is 1. The Bertz CT molecular complexity index is 585. The second-order valence-electron chi connectivity index (χ2n) is 4.67. The van der Waals surface area contributed by atoms with Gasteiger partial charge in [0, 0.05) is 6.04 Å². The molecule has 7 heteroatoms. The largest absolute Gasteiger partial charge is 0.481 e. The van der Waals surface area contributed by atoms with Gasteiger partial charge >= 0.3 is 5.97 Å². The Balaban J connectivity index is 2.27. The smallest absolute Gasteiger partial charge is 0.308 e. The van der Waals surface area contributed by atoms with Crippen molar-refractivity contribution in [1.82, 2.24) is 0 Å². The van der Waals surface area contributed by atoms with E-state index in [0.29, 0.717) is 18.5 Å². The molecular weight excluding hydrogens is 268 g/mol. The first-order valence-electron chi connectivity index (χ1n) is 6.01. The Morgan fingerprint density at radius 3 is 2.63 bits per heavy atom. The molecule has 1 aromatic rings. The molecular formula is C12H16N2O4S. The normalized spacial score (nSPS) is 23.2. The lowest BCUT2D eigenvalue weighted by molar-refractivity contribution is -0.141. The SMILES string of the molecule is NS(=O)(=O)c1ccccc1NC1CCCC1C(=O)O. The fraction of sp³-hybridized carbons (Fsp3) is 0.417. The predicted octanol–water partition coefficient (Wildman–Crippen LogP) is 0.999. The fourth-order valence-electron chi connectivity index (χ4n) is 2.46. The zero-order valence-corrected chi connectivity index (χ0v) is 11.1. The van der Waals surface area contributed by atoms with Crippen LogP contribution in [0.4, 0.5) is 5.69 Å². The van der Waals surface area contributed by atoms with Crippen molar-refractivity contribution >= 4 is 21.7 Å². The van der Waals surface area contributed by atoms with E-state index in [2.05, 4.69) is 5.32 Å². The van der Waals surface area contributed by atoms with E-state index < -0.39 is 21.9 Å². The van der Waals surface area contributed by atoms with Gasteiger partial charge in [0.1, 0.15) is 4.90 Å². The van der Waals surface area contributed by atoms with Gasteiger partial charge in [0.15, 0.2) is 0 Å². The van der Waals surface area contributed by atoms with Crippen LogP contribution in [0, 0.1) is 5.92 Å². The number of hydrogen-bond acceptors (Lipinski definition) is 4. The number of sulfonamides is 1. The molecule has 1 aromatic carbocycles. The number of para-hydroxylation sites is 1. The van der Waals surface area contributed by atoms with Crippen LogP contribution in [-0.2, 0) is 14.8 Å². The highest BCUT2D eigenvalue weighted by Gasteiger charge is 2.33. The number of carboxylic acid groups (broad SMARTS) is 1. The number of nitrogens with two attached hydrogens (primary N) is 1. The summed E-state index contributed by atoms with van der Waals surface area (Å²) in [4.78, 5) is 11.1. The number of carboxylic acids is 1. The van der Waals surface area contributed by atoms with Gasteiger partial charge in [-0.3, -0.25) is 4.79 Å². The summed E-state index contributed by atoms with van der Waals surface area (Å²) in [5, 5.41) is 17.3. The molecule has 0 spiro atoms. The van der Waals surface area contributed by atoms with Crippen LogP contribution in [0.2, 0.25) is 0 Å². The number of rotatable bonds is 4. The number of nitrogens with one attached hydrogen (secondary N) is 1. The van der Waals surface area contributed by atoms with Crippen LogP contribution in [0.5, 0.6) is 0 Å². The van der Waals surface area contributed by atoms with Crippen LogP contribution < -0.4 is 10.5 Å². The van der Waals surface area contributed by atoms with Gasteiger partial charge in [0.2, 0.25) is 10.0 Å². The third-order valence-electron chi connectivity index (χ3n) is 3.37. The molecule has 1 aliphatic carbocycles. The van der Waals surface area contributed by atoms with E-state index in [9.17, 15) is 13.2 Å². The van der Waals surface area contributed by atoms with E-state index in [4.69, 9.17) is 10.2 Å². The topological polar surface area (TPSA) is 109 Å². The Hall–Kier alpha value is -1.60. The van der Waals surface area contributed by atoms with Crippen LogP contribution in [0.15, 0.2) is 29.2 Å². The van der Waals surface area contributed by atoms with Gasteiger partial charge in [-0.2, -0.15) is 0 Å². The van der Waals surface area contributed by atoms with Gasteiger partial charge in [0.25, 0.3) is 0 Å². The molecule has 1 fully saturated rings. The van der Waals surface area contributed by atoms with Gasteiger partial charge < -0.3 is 10.4 Å².